The number of rotatable bonds is 14. The Morgan fingerprint density at radius 2 is 1.31 bits per heavy atom. The summed E-state index contributed by atoms with van der Waals surface area (Å²) < 4.78 is 116. The smallest absolute Gasteiger partial charge is 0.389 e. The summed E-state index contributed by atoms with van der Waals surface area (Å²) in [6.07, 6.45) is -7.66. The molecule has 7 heterocycles. The van der Waals surface area contributed by atoms with Crippen LogP contribution < -0.4 is 16.2 Å². The molecule has 4 N–H and O–H groups in total. The SMILES string of the molecule is [B][P@]1(=O)OC[C@H]2O[C@@H](n3cnc4c(N)ncnc43)[C@H](F)[C@@H]2O[P@@](=O)(SCc2ccc(OCCOCCOCCC)cc2)OC[C@H]2O[C@@H](n3cnc4c(N)ncnc43)[C@H](F)[C@@H]2O1. The molecule has 0 bridgehead atoms. The first-order valence-corrected chi connectivity index (χ1v) is 23.8. The highest BCUT2D eigenvalue weighted by molar-refractivity contribution is 8.54. The van der Waals surface area contributed by atoms with Gasteiger partial charge in [-0.3, -0.25) is 22.7 Å². The molecule has 1 aromatic carbocycles. The molecule has 0 unspecified atom stereocenters. The number of alkyl halides is 2. The van der Waals surface area contributed by atoms with Crippen LogP contribution in [0.15, 0.2) is 49.6 Å². The number of ether oxygens (including phenoxy) is 5. The van der Waals surface area contributed by atoms with E-state index in [4.69, 9.17) is 60.8 Å². The molecular weight excluding hydrogens is 867 g/mol. The van der Waals surface area contributed by atoms with Gasteiger partial charge in [0.1, 0.15) is 60.5 Å². The van der Waals surface area contributed by atoms with E-state index in [0.717, 1.165) is 24.1 Å². The van der Waals surface area contributed by atoms with Crippen molar-refractivity contribution in [3.05, 3.63) is 55.1 Å². The third-order valence-electron chi connectivity index (χ3n) is 9.72. The van der Waals surface area contributed by atoms with E-state index in [0.29, 0.717) is 44.3 Å². The first-order valence-electron chi connectivity index (χ1n) is 19.0. The summed E-state index contributed by atoms with van der Waals surface area (Å²) in [6, 6.07) is 6.95. The second kappa shape index (κ2) is 18.9. The molecule has 3 fully saturated rings. The molecule has 21 nitrogen and oxygen atoms in total. The molecule has 10 atom stereocenters. The molecule has 3 saturated heterocycles. The van der Waals surface area contributed by atoms with Crippen molar-refractivity contribution in [3.8, 4) is 5.75 Å². The highest BCUT2D eigenvalue weighted by Gasteiger charge is 2.54. The Morgan fingerprint density at radius 3 is 1.90 bits per heavy atom. The summed E-state index contributed by atoms with van der Waals surface area (Å²) in [7, 11) is 1.34. The van der Waals surface area contributed by atoms with Crippen molar-refractivity contribution in [3.63, 3.8) is 0 Å². The van der Waals surface area contributed by atoms with Gasteiger partial charge in [0, 0.05) is 12.4 Å². The Morgan fingerprint density at radius 1 is 0.770 bits per heavy atom. The molecule has 0 spiro atoms. The van der Waals surface area contributed by atoms with Crippen LogP contribution in [0.5, 0.6) is 5.75 Å². The number of aromatic nitrogens is 8. The maximum Gasteiger partial charge on any atom is 0.389 e. The average Bonchev–Trinajstić information content (AvgIpc) is 4.02. The van der Waals surface area contributed by atoms with E-state index in [9.17, 15) is 9.13 Å². The average molecular weight is 909 g/mol. The number of anilines is 2. The quantitative estimate of drug-likeness (QED) is 0.0896. The monoisotopic (exact) mass is 908 g/mol. The molecule has 5 aromatic rings. The Labute approximate surface area is 352 Å². The van der Waals surface area contributed by atoms with Crippen molar-refractivity contribution >= 4 is 67.2 Å². The van der Waals surface area contributed by atoms with Gasteiger partial charge in [-0.05, 0) is 35.5 Å². The van der Waals surface area contributed by atoms with Crippen LogP contribution in [0.3, 0.4) is 0 Å². The van der Waals surface area contributed by atoms with Crippen molar-refractivity contribution in [1.29, 1.82) is 0 Å². The Balaban J connectivity index is 1.03. The molecule has 8 rings (SSSR count). The number of nitrogens with two attached hydrogens (primary N) is 2. The normalized spacial score (nSPS) is 30.8. The lowest BCUT2D eigenvalue weighted by Crippen LogP contribution is -2.37. The fourth-order valence-electron chi connectivity index (χ4n) is 6.78. The maximum absolute atomic E-state index is 16.8. The summed E-state index contributed by atoms with van der Waals surface area (Å²) in [5, 5.41) is 0. The van der Waals surface area contributed by atoms with E-state index in [1.807, 2.05) is 6.92 Å². The van der Waals surface area contributed by atoms with Gasteiger partial charge in [0.15, 0.2) is 47.7 Å². The standard InChI is InChI=1S/C34H41BF2N10O11P2S/c1-2-7-50-8-9-51-10-11-52-20-5-3-19(4-6-20)14-61-60(49)54-13-22-27(23(36)33(56-22)46-17-44-25-29(38)40-15-42-31(25)46)57-59(35,48)53-12-21-28(58-60)24(37)34(55-21)47-18-45-26-30(39)41-16-43-32(26)47/h3-6,15-18,21-24,27-28,33-34H,2,7-14H2,1H3,(H2,38,40,42)(H2,39,41,43)/t21-,22-,23-,24-,27-,28-,33-,34-,59+,60+/m1/s1. The summed E-state index contributed by atoms with van der Waals surface area (Å²) in [5.41, 5.74) is 13.2. The molecule has 61 heavy (non-hydrogen) atoms. The Hall–Kier alpha value is -3.87. The van der Waals surface area contributed by atoms with Gasteiger partial charge in [-0.2, -0.15) is 0 Å². The molecule has 2 radical (unpaired) electrons. The van der Waals surface area contributed by atoms with Gasteiger partial charge in [-0.15, -0.1) is 0 Å². The third-order valence-corrected chi connectivity index (χ3v) is 14.4. The van der Waals surface area contributed by atoms with Crippen LogP contribution in [0.1, 0.15) is 31.4 Å². The van der Waals surface area contributed by atoms with E-state index in [1.54, 1.807) is 24.3 Å². The van der Waals surface area contributed by atoms with Gasteiger partial charge in [-0.1, -0.05) is 19.1 Å². The number of nitrogens with zero attached hydrogens (tertiary/aromatic N) is 8. The number of nitrogen functional groups attached to an aromatic ring is 2. The van der Waals surface area contributed by atoms with Gasteiger partial charge in [-0.25, -0.2) is 43.2 Å². The summed E-state index contributed by atoms with van der Waals surface area (Å²) in [6.45, 7) is -1.53. The topological polar surface area (TPSA) is 256 Å². The Kier molecular flexibility index (Phi) is 13.5. The third kappa shape index (κ3) is 9.71. The molecule has 4 aromatic heterocycles. The highest BCUT2D eigenvalue weighted by Crippen LogP contribution is 2.65. The van der Waals surface area contributed by atoms with Crippen LogP contribution >= 0.6 is 25.7 Å². The predicted molar refractivity (Wildman–Crippen MR) is 215 cm³/mol. The summed E-state index contributed by atoms with van der Waals surface area (Å²) in [4.78, 5) is 24.5. The van der Waals surface area contributed by atoms with Crippen molar-refractivity contribution < 1.29 is 59.7 Å². The first kappa shape index (κ1) is 43.8. The first-order chi connectivity index (χ1) is 29.4. The molecule has 0 amide bonds. The maximum atomic E-state index is 16.8. The van der Waals surface area contributed by atoms with Crippen LogP contribution in [0.25, 0.3) is 22.3 Å². The van der Waals surface area contributed by atoms with Gasteiger partial charge >= 0.3 is 6.80 Å². The number of halogens is 2. The fourth-order valence-corrected chi connectivity index (χ4v) is 11.2. The lowest BCUT2D eigenvalue weighted by Gasteiger charge is -2.30. The van der Waals surface area contributed by atoms with Crippen LogP contribution in [0.2, 0.25) is 0 Å². The summed E-state index contributed by atoms with van der Waals surface area (Å²) in [5.74, 6) is 0.679. The van der Waals surface area contributed by atoms with Crippen LogP contribution in [0.4, 0.5) is 20.4 Å². The zero-order chi connectivity index (χ0) is 42.7. The summed E-state index contributed by atoms with van der Waals surface area (Å²) >= 11 is 0.736. The molecule has 0 aliphatic carbocycles. The van der Waals surface area contributed by atoms with E-state index >= 15 is 8.78 Å². The number of hydrogen-bond donors (Lipinski definition) is 2. The van der Waals surface area contributed by atoms with Crippen LogP contribution in [-0.4, -0.2) is 130 Å². The van der Waals surface area contributed by atoms with Crippen LogP contribution in [0, 0.1) is 0 Å². The van der Waals surface area contributed by atoms with Crippen molar-refractivity contribution in [2.75, 3.05) is 57.7 Å². The van der Waals surface area contributed by atoms with E-state index in [1.165, 1.54) is 28.1 Å². The molecule has 27 heteroatoms. The lowest BCUT2D eigenvalue weighted by molar-refractivity contribution is -0.0546. The second-order valence-corrected chi connectivity index (χ2v) is 19.5. The van der Waals surface area contributed by atoms with Crippen LogP contribution in [-0.2, 0) is 51.9 Å². The van der Waals surface area contributed by atoms with Crippen molar-refractivity contribution in [1.82, 2.24) is 39.0 Å². The van der Waals surface area contributed by atoms with E-state index in [2.05, 4.69) is 29.9 Å². The Bertz CT molecular complexity index is 2390. The molecule has 326 valence electrons. The molecule has 0 saturated carbocycles. The van der Waals surface area contributed by atoms with Crippen molar-refractivity contribution in [2.24, 2.45) is 0 Å². The van der Waals surface area contributed by atoms with E-state index < -0.39 is 76.7 Å². The fraction of sp³-hybridized carbons (Fsp3) is 0.529. The molecule has 3 aliphatic rings. The van der Waals surface area contributed by atoms with Gasteiger partial charge < -0.3 is 44.2 Å². The minimum atomic E-state index is -4.66. The van der Waals surface area contributed by atoms with Gasteiger partial charge in [0.25, 0.3) is 7.47 Å². The lowest BCUT2D eigenvalue weighted by atomic mass is 10.1. The number of fused-ring (bicyclic) bond motifs is 4. The molecule has 3 aliphatic heterocycles. The minimum Gasteiger partial charge on any atom is -0.491 e. The predicted octanol–water partition coefficient (Wildman–Crippen LogP) is 4.26. The van der Waals surface area contributed by atoms with E-state index in [-0.39, 0.29) is 39.7 Å². The van der Waals surface area contributed by atoms with Crippen molar-refractivity contribution in [2.45, 2.75) is 68.3 Å². The number of hydrogen-bond acceptors (Lipinski definition) is 20. The zero-order valence-corrected chi connectivity index (χ0v) is 35.1. The number of imidazole rings is 2. The number of benzene rings is 1. The highest BCUT2D eigenvalue weighted by atomic mass is 32.7. The zero-order valence-electron chi connectivity index (χ0n) is 32.5. The molecular formula is C34H41BF2N10O11P2S. The second-order valence-electron chi connectivity index (χ2n) is 13.9. The largest absolute Gasteiger partial charge is 0.491 e. The van der Waals surface area contributed by atoms with Gasteiger partial charge in [0.2, 0.25) is 7.57 Å². The minimum absolute atomic E-state index is 0.0363. The van der Waals surface area contributed by atoms with Gasteiger partial charge in [0.05, 0.1) is 45.7 Å².